The molecule has 2 unspecified atom stereocenters. The highest BCUT2D eigenvalue weighted by Crippen LogP contribution is 2.34. The van der Waals surface area contributed by atoms with Crippen molar-refractivity contribution in [1.82, 2.24) is 5.32 Å². The molecule has 1 N–H and O–H groups in total. The Bertz CT molecular complexity index is 635. The van der Waals surface area contributed by atoms with Gasteiger partial charge in [-0.2, -0.15) is 0 Å². The molecule has 1 amide bonds. The molecule has 0 heterocycles. The highest BCUT2D eigenvalue weighted by molar-refractivity contribution is 5.76. The molecule has 0 radical (unpaired) electrons. The van der Waals surface area contributed by atoms with E-state index in [9.17, 15) is 4.79 Å². The average molecular weight is 293 g/mol. The topological polar surface area (TPSA) is 29.1 Å². The Morgan fingerprint density at radius 3 is 2.59 bits per heavy atom. The van der Waals surface area contributed by atoms with E-state index in [1.165, 1.54) is 16.7 Å². The number of rotatable bonds is 4. The van der Waals surface area contributed by atoms with Gasteiger partial charge >= 0.3 is 0 Å². The molecule has 0 spiro atoms. The second-order valence-corrected chi connectivity index (χ2v) is 6.06. The van der Waals surface area contributed by atoms with Gasteiger partial charge in [0, 0.05) is 18.4 Å². The smallest absolute Gasteiger partial charge is 0.219 e. The van der Waals surface area contributed by atoms with Crippen molar-refractivity contribution in [2.24, 2.45) is 0 Å². The molecule has 1 aliphatic carbocycles. The zero-order valence-electron chi connectivity index (χ0n) is 13.1. The summed E-state index contributed by atoms with van der Waals surface area (Å²) in [5.74, 6) is 0.519. The molecular weight excluding hydrogens is 270 g/mol. The van der Waals surface area contributed by atoms with Gasteiger partial charge in [0.15, 0.2) is 0 Å². The van der Waals surface area contributed by atoms with Gasteiger partial charge in [-0.1, -0.05) is 61.5 Å². The molecule has 0 saturated carbocycles. The molecule has 0 bridgehead atoms. The van der Waals surface area contributed by atoms with Crippen molar-refractivity contribution in [2.45, 2.75) is 44.6 Å². The summed E-state index contributed by atoms with van der Waals surface area (Å²) < 4.78 is 0. The van der Waals surface area contributed by atoms with Gasteiger partial charge in [0.25, 0.3) is 0 Å². The van der Waals surface area contributed by atoms with E-state index in [0.29, 0.717) is 12.3 Å². The van der Waals surface area contributed by atoms with Gasteiger partial charge < -0.3 is 5.32 Å². The zero-order valence-corrected chi connectivity index (χ0v) is 13.1. The molecule has 2 heteroatoms. The highest BCUT2D eigenvalue weighted by Gasteiger charge is 2.30. The third-order valence-electron chi connectivity index (χ3n) is 4.63. The maximum atomic E-state index is 11.9. The van der Waals surface area contributed by atoms with Crippen LogP contribution < -0.4 is 5.32 Å². The lowest BCUT2D eigenvalue weighted by Gasteiger charge is -2.34. The van der Waals surface area contributed by atoms with Crippen molar-refractivity contribution >= 4 is 5.91 Å². The Hall–Kier alpha value is -2.09. The molecule has 0 aromatic heterocycles. The van der Waals surface area contributed by atoms with E-state index >= 15 is 0 Å². The third-order valence-corrected chi connectivity index (χ3v) is 4.63. The molecule has 3 rings (SSSR count). The summed E-state index contributed by atoms with van der Waals surface area (Å²) >= 11 is 0. The van der Waals surface area contributed by atoms with Crippen LogP contribution in [0.1, 0.15) is 42.4 Å². The fourth-order valence-electron chi connectivity index (χ4n) is 3.45. The second-order valence-electron chi connectivity index (χ2n) is 6.06. The number of fused-ring (bicyclic) bond motifs is 1. The number of benzene rings is 2. The van der Waals surface area contributed by atoms with Crippen molar-refractivity contribution in [3.8, 4) is 0 Å². The summed E-state index contributed by atoms with van der Waals surface area (Å²) in [7, 11) is 0. The Labute approximate surface area is 132 Å². The van der Waals surface area contributed by atoms with E-state index in [4.69, 9.17) is 0 Å². The van der Waals surface area contributed by atoms with Crippen LogP contribution in [-0.4, -0.2) is 11.9 Å². The van der Waals surface area contributed by atoms with Crippen LogP contribution in [0.2, 0.25) is 0 Å². The molecule has 22 heavy (non-hydrogen) atoms. The first-order valence-electron chi connectivity index (χ1n) is 8.19. The Kier molecular flexibility index (Phi) is 4.57. The first-order valence-corrected chi connectivity index (χ1v) is 8.19. The van der Waals surface area contributed by atoms with Gasteiger partial charge in [0.05, 0.1) is 0 Å². The SMILES string of the molecule is CCC(=O)NC1CCc2ccccc2C1Cc1ccccc1. The lowest BCUT2D eigenvalue weighted by molar-refractivity contribution is -0.121. The largest absolute Gasteiger partial charge is 0.353 e. The summed E-state index contributed by atoms with van der Waals surface area (Å²) in [6.07, 6.45) is 3.61. The van der Waals surface area contributed by atoms with Crippen molar-refractivity contribution in [3.63, 3.8) is 0 Å². The quantitative estimate of drug-likeness (QED) is 0.911. The first-order chi connectivity index (χ1) is 10.8. The maximum Gasteiger partial charge on any atom is 0.219 e. The van der Waals surface area contributed by atoms with Crippen molar-refractivity contribution < 1.29 is 4.79 Å². The lowest BCUT2D eigenvalue weighted by Crippen LogP contribution is -2.42. The molecule has 2 nitrogen and oxygen atoms in total. The standard InChI is InChI=1S/C20H23NO/c1-2-20(22)21-19-13-12-16-10-6-7-11-17(16)18(19)14-15-8-4-3-5-9-15/h3-11,18-19H,2,12-14H2,1H3,(H,21,22). The van der Waals surface area contributed by atoms with Crippen LogP contribution in [0.3, 0.4) is 0 Å². The number of hydrogen-bond donors (Lipinski definition) is 1. The molecule has 0 fully saturated rings. The van der Waals surface area contributed by atoms with E-state index in [2.05, 4.69) is 59.9 Å². The molecule has 1 aliphatic rings. The Morgan fingerprint density at radius 2 is 1.82 bits per heavy atom. The number of hydrogen-bond acceptors (Lipinski definition) is 1. The Morgan fingerprint density at radius 1 is 1.09 bits per heavy atom. The van der Waals surface area contributed by atoms with E-state index in [-0.39, 0.29) is 11.9 Å². The zero-order chi connectivity index (χ0) is 15.4. The van der Waals surface area contributed by atoms with Gasteiger partial charge in [-0.3, -0.25) is 4.79 Å². The van der Waals surface area contributed by atoms with Crippen LogP contribution in [0.5, 0.6) is 0 Å². The molecule has 2 atom stereocenters. The molecule has 0 saturated heterocycles. The molecule has 114 valence electrons. The Balaban J connectivity index is 1.89. The highest BCUT2D eigenvalue weighted by atomic mass is 16.1. The van der Waals surface area contributed by atoms with Crippen molar-refractivity contribution in [2.75, 3.05) is 0 Å². The van der Waals surface area contributed by atoms with Crippen LogP contribution in [-0.2, 0) is 17.6 Å². The summed E-state index contributed by atoms with van der Waals surface area (Å²) in [5, 5.41) is 3.24. The van der Waals surface area contributed by atoms with Crippen LogP contribution in [0.4, 0.5) is 0 Å². The van der Waals surface area contributed by atoms with Gasteiger partial charge in [-0.25, -0.2) is 0 Å². The van der Waals surface area contributed by atoms with Gasteiger partial charge in [0.2, 0.25) is 5.91 Å². The number of carbonyl (C=O) groups is 1. The summed E-state index contributed by atoms with van der Waals surface area (Å²) in [6.45, 7) is 1.91. The summed E-state index contributed by atoms with van der Waals surface area (Å²) in [5.41, 5.74) is 4.17. The van der Waals surface area contributed by atoms with Crippen LogP contribution in [0.15, 0.2) is 54.6 Å². The number of amides is 1. The van der Waals surface area contributed by atoms with Crippen LogP contribution in [0, 0.1) is 0 Å². The van der Waals surface area contributed by atoms with E-state index in [0.717, 1.165) is 19.3 Å². The monoisotopic (exact) mass is 293 g/mol. The van der Waals surface area contributed by atoms with Crippen LogP contribution >= 0.6 is 0 Å². The number of carbonyl (C=O) groups excluding carboxylic acids is 1. The molecule has 2 aromatic rings. The molecule has 0 aliphatic heterocycles. The summed E-state index contributed by atoms with van der Waals surface area (Å²) in [6, 6.07) is 19.5. The predicted molar refractivity (Wildman–Crippen MR) is 89.9 cm³/mol. The van der Waals surface area contributed by atoms with E-state index in [1.807, 2.05) is 6.92 Å². The van der Waals surface area contributed by atoms with Gasteiger partial charge in [-0.15, -0.1) is 0 Å². The lowest BCUT2D eigenvalue weighted by atomic mass is 9.76. The van der Waals surface area contributed by atoms with E-state index < -0.39 is 0 Å². The van der Waals surface area contributed by atoms with Gasteiger partial charge in [0.1, 0.15) is 0 Å². The minimum Gasteiger partial charge on any atom is -0.353 e. The minimum absolute atomic E-state index is 0.155. The third kappa shape index (κ3) is 3.22. The maximum absolute atomic E-state index is 11.9. The number of nitrogens with one attached hydrogen (secondary N) is 1. The average Bonchev–Trinajstić information content (AvgIpc) is 2.57. The molecular formula is C20H23NO. The summed E-state index contributed by atoms with van der Waals surface area (Å²) in [4.78, 5) is 11.9. The minimum atomic E-state index is 0.155. The number of aryl methyl sites for hydroxylation is 1. The van der Waals surface area contributed by atoms with Crippen molar-refractivity contribution in [1.29, 1.82) is 0 Å². The first kappa shape index (κ1) is 14.8. The van der Waals surface area contributed by atoms with E-state index in [1.54, 1.807) is 0 Å². The fourth-order valence-corrected chi connectivity index (χ4v) is 3.45. The fraction of sp³-hybridized carbons (Fsp3) is 0.350. The second kappa shape index (κ2) is 6.78. The molecule has 2 aromatic carbocycles. The van der Waals surface area contributed by atoms with Crippen LogP contribution in [0.25, 0.3) is 0 Å². The normalized spacial score (nSPS) is 20.2. The predicted octanol–water partition coefficient (Wildman–Crippen LogP) is 3.85. The van der Waals surface area contributed by atoms with Gasteiger partial charge in [-0.05, 0) is 36.0 Å². The van der Waals surface area contributed by atoms with Crippen molar-refractivity contribution in [3.05, 3.63) is 71.3 Å².